The highest BCUT2D eigenvalue weighted by molar-refractivity contribution is 5.82. The molecule has 1 aliphatic heterocycles. The minimum atomic E-state index is -1.18. The van der Waals surface area contributed by atoms with Gasteiger partial charge in [0.05, 0.1) is 6.61 Å². The molecule has 5 heteroatoms. The molecular formula is C18H18FNO3. The molecule has 0 radical (unpaired) electrons. The van der Waals surface area contributed by atoms with Crippen LogP contribution in [0.1, 0.15) is 17.2 Å². The Bertz CT molecular complexity index is 677. The number of hydrogen-bond acceptors (Lipinski definition) is 3. The Kier molecular flexibility index (Phi) is 4.69. The standard InChI is InChI=1S/C18H18FNO3/c19-15-8-4-7-14(11-15)16(21)17-18(22)20(9-10-23-17)12-13-5-2-1-3-6-13/h1-8,11,16-17,21H,9-10,12H2. The highest BCUT2D eigenvalue weighted by Gasteiger charge is 2.35. The highest BCUT2D eigenvalue weighted by atomic mass is 19.1. The van der Waals surface area contributed by atoms with Gasteiger partial charge in [-0.3, -0.25) is 4.79 Å². The monoisotopic (exact) mass is 315 g/mol. The van der Waals surface area contributed by atoms with Crippen molar-refractivity contribution in [1.82, 2.24) is 4.90 Å². The summed E-state index contributed by atoms with van der Waals surface area (Å²) in [6.45, 7) is 1.28. The number of aliphatic hydroxyl groups excluding tert-OH is 1. The van der Waals surface area contributed by atoms with Crippen LogP contribution in [0.25, 0.3) is 0 Å². The van der Waals surface area contributed by atoms with E-state index in [-0.39, 0.29) is 5.91 Å². The minimum Gasteiger partial charge on any atom is -0.385 e. The van der Waals surface area contributed by atoms with E-state index in [1.165, 1.54) is 18.2 Å². The molecule has 120 valence electrons. The normalized spacial score (nSPS) is 19.7. The van der Waals surface area contributed by atoms with E-state index in [2.05, 4.69) is 0 Å². The summed E-state index contributed by atoms with van der Waals surface area (Å²) in [5, 5.41) is 10.4. The Labute approximate surface area is 134 Å². The van der Waals surface area contributed by atoms with Crippen molar-refractivity contribution >= 4 is 5.91 Å². The summed E-state index contributed by atoms with van der Waals surface area (Å²) in [4.78, 5) is 14.2. The number of hydrogen-bond donors (Lipinski definition) is 1. The zero-order valence-corrected chi connectivity index (χ0v) is 12.6. The van der Waals surface area contributed by atoms with E-state index in [0.717, 1.165) is 5.56 Å². The number of halogens is 1. The van der Waals surface area contributed by atoms with Crippen LogP contribution in [0.5, 0.6) is 0 Å². The van der Waals surface area contributed by atoms with Crippen molar-refractivity contribution in [3.63, 3.8) is 0 Å². The number of carbonyl (C=O) groups is 1. The molecule has 1 amide bonds. The summed E-state index contributed by atoms with van der Waals surface area (Å²) < 4.78 is 18.8. The van der Waals surface area contributed by atoms with Crippen LogP contribution in [0.4, 0.5) is 4.39 Å². The van der Waals surface area contributed by atoms with Crippen LogP contribution in [0.3, 0.4) is 0 Å². The van der Waals surface area contributed by atoms with Gasteiger partial charge in [0, 0.05) is 13.1 Å². The van der Waals surface area contributed by atoms with Crippen molar-refractivity contribution in [2.45, 2.75) is 18.8 Å². The molecule has 0 spiro atoms. The van der Waals surface area contributed by atoms with Gasteiger partial charge in [-0.05, 0) is 23.3 Å². The van der Waals surface area contributed by atoms with Gasteiger partial charge in [0.1, 0.15) is 11.9 Å². The second-order valence-electron chi connectivity index (χ2n) is 5.54. The SMILES string of the molecule is O=C1C(C(O)c2cccc(F)c2)OCCN1Cc1ccccc1. The van der Waals surface area contributed by atoms with Crippen LogP contribution in [0.2, 0.25) is 0 Å². The van der Waals surface area contributed by atoms with Gasteiger partial charge >= 0.3 is 0 Å². The van der Waals surface area contributed by atoms with Crippen LogP contribution in [0.15, 0.2) is 54.6 Å². The molecule has 23 heavy (non-hydrogen) atoms. The molecule has 0 saturated carbocycles. The number of amides is 1. The molecule has 1 fully saturated rings. The number of nitrogens with zero attached hydrogens (tertiary/aromatic N) is 1. The quantitative estimate of drug-likeness (QED) is 0.942. The summed E-state index contributed by atoms with van der Waals surface area (Å²) >= 11 is 0. The molecule has 2 aromatic carbocycles. The summed E-state index contributed by atoms with van der Waals surface area (Å²) in [6.07, 6.45) is -2.19. The molecule has 2 atom stereocenters. The number of aliphatic hydroxyl groups is 1. The van der Waals surface area contributed by atoms with Crippen molar-refractivity contribution in [3.8, 4) is 0 Å². The highest BCUT2D eigenvalue weighted by Crippen LogP contribution is 2.24. The van der Waals surface area contributed by atoms with Gasteiger partial charge < -0.3 is 14.7 Å². The maximum absolute atomic E-state index is 13.3. The van der Waals surface area contributed by atoms with Crippen LogP contribution < -0.4 is 0 Å². The van der Waals surface area contributed by atoms with E-state index in [9.17, 15) is 14.3 Å². The Morgan fingerprint density at radius 1 is 1.22 bits per heavy atom. The fraction of sp³-hybridized carbons (Fsp3) is 0.278. The summed E-state index contributed by atoms with van der Waals surface area (Å²) in [5.74, 6) is -0.734. The first-order chi connectivity index (χ1) is 11.1. The molecule has 1 heterocycles. The van der Waals surface area contributed by atoms with Crippen molar-refractivity contribution in [2.24, 2.45) is 0 Å². The molecule has 0 aromatic heterocycles. The molecule has 1 N–H and O–H groups in total. The zero-order valence-electron chi connectivity index (χ0n) is 12.6. The second-order valence-corrected chi connectivity index (χ2v) is 5.54. The first-order valence-corrected chi connectivity index (χ1v) is 7.53. The third-order valence-corrected chi connectivity index (χ3v) is 3.91. The van der Waals surface area contributed by atoms with E-state index < -0.39 is 18.0 Å². The van der Waals surface area contributed by atoms with Crippen molar-refractivity contribution in [1.29, 1.82) is 0 Å². The van der Waals surface area contributed by atoms with E-state index in [1.807, 2.05) is 30.3 Å². The Morgan fingerprint density at radius 2 is 2.00 bits per heavy atom. The minimum absolute atomic E-state index is 0.281. The van der Waals surface area contributed by atoms with Gasteiger partial charge in [0.2, 0.25) is 0 Å². The predicted molar refractivity (Wildman–Crippen MR) is 83.0 cm³/mol. The van der Waals surface area contributed by atoms with E-state index in [4.69, 9.17) is 4.74 Å². The van der Waals surface area contributed by atoms with Crippen LogP contribution in [0, 0.1) is 5.82 Å². The van der Waals surface area contributed by atoms with Gasteiger partial charge in [-0.1, -0.05) is 42.5 Å². The molecule has 1 aliphatic rings. The van der Waals surface area contributed by atoms with Gasteiger partial charge in [0.15, 0.2) is 6.10 Å². The van der Waals surface area contributed by atoms with Crippen LogP contribution >= 0.6 is 0 Å². The van der Waals surface area contributed by atoms with Crippen LogP contribution in [-0.2, 0) is 16.1 Å². The smallest absolute Gasteiger partial charge is 0.255 e. The molecule has 1 saturated heterocycles. The largest absolute Gasteiger partial charge is 0.385 e. The lowest BCUT2D eigenvalue weighted by molar-refractivity contribution is -0.164. The molecule has 2 unspecified atom stereocenters. The van der Waals surface area contributed by atoms with Crippen LogP contribution in [-0.4, -0.2) is 35.2 Å². The maximum atomic E-state index is 13.3. The number of carbonyl (C=O) groups excluding carboxylic acids is 1. The molecular weight excluding hydrogens is 297 g/mol. The van der Waals surface area contributed by atoms with Gasteiger partial charge in [-0.2, -0.15) is 0 Å². The fourth-order valence-electron chi connectivity index (χ4n) is 2.70. The predicted octanol–water partition coefficient (Wildman–Crippen LogP) is 2.29. The average molecular weight is 315 g/mol. The third kappa shape index (κ3) is 3.57. The molecule has 0 aliphatic carbocycles. The zero-order chi connectivity index (χ0) is 16.2. The Hall–Kier alpha value is -2.24. The van der Waals surface area contributed by atoms with Crippen molar-refractivity contribution < 1.29 is 19.0 Å². The van der Waals surface area contributed by atoms with E-state index in [0.29, 0.717) is 25.3 Å². The number of morpholine rings is 1. The first kappa shape index (κ1) is 15.6. The lowest BCUT2D eigenvalue weighted by Crippen LogP contribution is -2.49. The number of rotatable bonds is 4. The van der Waals surface area contributed by atoms with Gasteiger partial charge in [-0.15, -0.1) is 0 Å². The van der Waals surface area contributed by atoms with E-state index in [1.54, 1.807) is 11.0 Å². The molecule has 2 aromatic rings. The lowest BCUT2D eigenvalue weighted by Gasteiger charge is -2.34. The topological polar surface area (TPSA) is 49.8 Å². The first-order valence-electron chi connectivity index (χ1n) is 7.53. The van der Waals surface area contributed by atoms with Crippen molar-refractivity contribution in [2.75, 3.05) is 13.2 Å². The molecule has 0 bridgehead atoms. The van der Waals surface area contributed by atoms with E-state index >= 15 is 0 Å². The van der Waals surface area contributed by atoms with Gasteiger partial charge in [0.25, 0.3) is 5.91 Å². The summed E-state index contributed by atoms with van der Waals surface area (Å²) in [5.41, 5.74) is 1.35. The molecule has 3 rings (SSSR count). The van der Waals surface area contributed by atoms with Crippen molar-refractivity contribution in [3.05, 3.63) is 71.5 Å². The number of ether oxygens (including phenoxy) is 1. The Balaban J connectivity index is 1.74. The second kappa shape index (κ2) is 6.89. The molecule has 4 nitrogen and oxygen atoms in total. The fourth-order valence-corrected chi connectivity index (χ4v) is 2.70. The third-order valence-electron chi connectivity index (χ3n) is 3.91. The summed E-state index contributed by atoms with van der Waals surface area (Å²) in [7, 11) is 0. The average Bonchev–Trinajstić information content (AvgIpc) is 2.57. The Morgan fingerprint density at radius 3 is 2.74 bits per heavy atom. The lowest BCUT2D eigenvalue weighted by atomic mass is 10.0. The maximum Gasteiger partial charge on any atom is 0.255 e. The number of benzene rings is 2. The summed E-state index contributed by atoms with van der Waals surface area (Å²) in [6, 6.07) is 15.2. The van der Waals surface area contributed by atoms with Gasteiger partial charge in [-0.25, -0.2) is 4.39 Å².